The quantitative estimate of drug-likeness (QED) is 0.668. The summed E-state index contributed by atoms with van der Waals surface area (Å²) in [6.45, 7) is 14.0. The smallest absolute Gasteiger partial charge is 0.0593 e. The highest BCUT2D eigenvalue weighted by molar-refractivity contribution is 4.63. The van der Waals surface area contributed by atoms with Crippen LogP contribution in [0.2, 0.25) is 0 Å². The van der Waals surface area contributed by atoms with E-state index in [1.807, 2.05) is 0 Å². The number of ether oxygens (including phenoxy) is 1. The van der Waals surface area contributed by atoms with Crippen LogP contribution >= 0.6 is 0 Å². The second kappa shape index (κ2) is 10.4. The average Bonchev–Trinajstić information content (AvgIpc) is 2.19. The van der Waals surface area contributed by atoms with E-state index < -0.39 is 0 Å². The molecule has 0 aromatic heterocycles. The molecule has 2 nitrogen and oxygen atoms in total. The fraction of sp³-hybridized carbons (Fsp3) is 1.00. The van der Waals surface area contributed by atoms with E-state index in [0.717, 1.165) is 25.7 Å². The predicted molar refractivity (Wildman–Crippen MR) is 67.3 cm³/mol. The largest absolute Gasteiger partial charge is 0.380 e. The third-order valence-corrected chi connectivity index (χ3v) is 2.20. The molecule has 1 rings (SSSR count). The molecule has 1 aliphatic heterocycles. The zero-order chi connectivity index (χ0) is 11.5. The van der Waals surface area contributed by atoms with E-state index in [1.165, 1.54) is 32.4 Å². The lowest BCUT2D eigenvalue weighted by molar-refractivity contribution is 0.105. The molecule has 0 aromatic carbocycles. The minimum Gasteiger partial charge on any atom is -0.380 e. The fourth-order valence-electron chi connectivity index (χ4n) is 1.52. The molecule has 2 heteroatoms. The molecule has 0 unspecified atom stereocenters. The van der Waals surface area contributed by atoms with Crippen LogP contribution in [0.1, 0.15) is 47.0 Å². The number of hydrogen-bond donors (Lipinski definition) is 0. The van der Waals surface area contributed by atoms with Crippen molar-refractivity contribution in [1.29, 1.82) is 0 Å². The van der Waals surface area contributed by atoms with Crippen molar-refractivity contribution in [3.05, 3.63) is 0 Å². The molecule has 1 fully saturated rings. The van der Waals surface area contributed by atoms with Gasteiger partial charge in [0.15, 0.2) is 0 Å². The summed E-state index contributed by atoms with van der Waals surface area (Å²) in [4.78, 5) is 2.50. The molecule has 15 heavy (non-hydrogen) atoms. The lowest BCUT2D eigenvalue weighted by atomic mass is 10.1. The van der Waals surface area contributed by atoms with Gasteiger partial charge in [0.05, 0.1) is 6.61 Å². The molecule has 1 aliphatic rings. The maximum Gasteiger partial charge on any atom is 0.0593 e. The number of nitrogens with zero attached hydrogens (tertiary/aromatic N) is 1. The van der Waals surface area contributed by atoms with Crippen molar-refractivity contribution in [2.75, 3.05) is 32.8 Å². The minimum atomic E-state index is 0.833. The van der Waals surface area contributed by atoms with Crippen molar-refractivity contribution < 1.29 is 4.74 Å². The fourth-order valence-corrected chi connectivity index (χ4v) is 1.52. The standard InChI is InChI=1S/C9H19NO.C4H10/c1-2-11-9-8-10-6-4-3-5-7-10;1-4(2)3/h2-9H2,1H3;4H,1-3H3. The highest BCUT2D eigenvalue weighted by Gasteiger charge is 2.08. The van der Waals surface area contributed by atoms with Crippen LogP contribution in [0.15, 0.2) is 0 Å². The topological polar surface area (TPSA) is 12.5 Å². The second-order valence-corrected chi connectivity index (χ2v) is 4.83. The van der Waals surface area contributed by atoms with Crippen molar-refractivity contribution in [2.45, 2.75) is 47.0 Å². The van der Waals surface area contributed by atoms with Gasteiger partial charge in [-0.05, 0) is 38.8 Å². The van der Waals surface area contributed by atoms with Crippen molar-refractivity contribution in [3.63, 3.8) is 0 Å². The van der Waals surface area contributed by atoms with E-state index in [1.54, 1.807) is 0 Å². The summed E-state index contributed by atoms with van der Waals surface area (Å²) in [7, 11) is 0. The van der Waals surface area contributed by atoms with E-state index in [2.05, 4.69) is 32.6 Å². The first-order valence-corrected chi connectivity index (χ1v) is 6.47. The molecule has 1 saturated heterocycles. The van der Waals surface area contributed by atoms with Crippen LogP contribution in [-0.4, -0.2) is 37.7 Å². The van der Waals surface area contributed by atoms with Crippen LogP contribution in [0.3, 0.4) is 0 Å². The van der Waals surface area contributed by atoms with E-state index in [9.17, 15) is 0 Å². The van der Waals surface area contributed by atoms with Crippen LogP contribution < -0.4 is 0 Å². The normalized spacial score (nSPS) is 17.4. The molecule has 0 saturated carbocycles. The number of hydrogen-bond acceptors (Lipinski definition) is 2. The van der Waals surface area contributed by atoms with Gasteiger partial charge >= 0.3 is 0 Å². The molecule has 0 amide bonds. The van der Waals surface area contributed by atoms with Crippen molar-refractivity contribution >= 4 is 0 Å². The summed E-state index contributed by atoms with van der Waals surface area (Å²) >= 11 is 0. The van der Waals surface area contributed by atoms with Gasteiger partial charge in [-0.1, -0.05) is 27.2 Å². The van der Waals surface area contributed by atoms with E-state index in [0.29, 0.717) is 0 Å². The Hall–Kier alpha value is -0.0800. The van der Waals surface area contributed by atoms with Crippen molar-refractivity contribution in [2.24, 2.45) is 5.92 Å². The van der Waals surface area contributed by atoms with Gasteiger partial charge in [-0.25, -0.2) is 0 Å². The van der Waals surface area contributed by atoms with Gasteiger partial charge < -0.3 is 9.64 Å². The maximum absolute atomic E-state index is 5.29. The Morgan fingerprint density at radius 2 is 1.60 bits per heavy atom. The Morgan fingerprint density at radius 3 is 2.07 bits per heavy atom. The van der Waals surface area contributed by atoms with Gasteiger partial charge in [-0.2, -0.15) is 0 Å². The first-order valence-electron chi connectivity index (χ1n) is 6.47. The van der Waals surface area contributed by atoms with Gasteiger partial charge in [0.25, 0.3) is 0 Å². The van der Waals surface area contributed by atoms with Crippen LogP contribution in [0.25, 0.3) is 0 Å². The van der Waals surface area contributed by atoms with Gasteiger partial charge in [0.2, 0.25) is 0 Å². The molecule has 0 aliphatic carbocycles. The first-order chi connectivity index (χ1) is 7.16. The molecule has 1 heterocycles. The number of likely N-dealkylation sites (tertiary alicyclic amines) is 1. The third-order valence-electron chi connectivity index (χ3n) is 2.20. The second-order valence-electron chi connectivity index (χ2n) is 4.83. The minimum absolute atomic E-state index is 0.833. The summed E-state index contributed by atoms with van der Waals surface area (Å²) in [5.41, 5.74) is 0. The highest BCUT2D eigenvalue weighted by Crippen LogP contribution is 2.07. The molecule has 0 N–H and O–H groups in total. The Balaban J connectivity index is 0.000000423. The third kappa shape index (κ3) is 11.8. The lowest BCUT2D eigenvalue weighted by Crippen LogP contribution is -2.32. The van der Waals surface area contributed by atoms with Crippen molar-refractivity contribution in [3.8, 4) is 0 Å². The van der Waals surface area contributed by atoms with Crippen molar-refractivity contribution in [1.82, 2.24) is 4.90 Å². The van der Waals surface area contributed by atoms with Crippen LogP contribution in [0.4, 0.5) is 0 Å². The Morgan fingerprint density at radius 1 is 1.07 bits per heavy atom. The van der Waals surface area contributed by atoms with E-state index in [-0.39, 0.29) is 0 Å². The highest BCUT2D eigenvalue weighted by atomic mass is 16.5. The summed E-state index contributed by atoms with van der Waals surface area (Å²) in [6, 6.07) is 0. The van der Waals surface area contributed by atoms with Crippen LogP contribution in [-0.2, 0) is 4.74 Å². The molecule has 92 valence electrons. The lowest BCUT2D eigenvalue weighted by Gasteiger charge is -2.25. The monoisotopic (exact) mass is 215 g/mol. The van der Waals surface area contributed by atoms with Gasteiger partial charge in [0, 0.05) is 13.2 Å². The molecular weight excluding hydrogens is 186 g/mol. The molecule has 0 atom stereocenters. The number of piperidine rings is 1. The molecular formula is C13H29NO. The SMILES string of the molecule is CC(C)C.CCOCCN1CCCCC1. The van der Waals surface area contributed by atoms with E-state index in [4.69, 9.17) is 4.74 Å². The molecule has 0 bridgehead atoms. The summed E-state index contributed by atoms with van der Waals surface area (Å²) < 4.78 is 5.29. The summed E-state index contributed by atoms with van der Waals surface area (Å²) in [5.74, 6) is 0.833. The van der Waals surface area contributed by atoms with Crippen LogP contribution in [0.5, 0.6) is 0 Å². The molecule has 0 radical (unpaired) electrons. The van der Waals surface area contributed by atoms with Crippen LogP contribution in [0, 0.1) is 5.92 Å². The molecule has 0 spiro atoms. The Labute approximate surface area is 96.0 Å². The Kier molecular flexibility index (Phi) is 10.4. The predicted octanol–water partition coefficient (Wildman–Crippen LogP) is 3.17. The summed E-state index contributed by atoms with van der Waals surface area (Å²) in [5, 5.41) is 0. The zero-order valence-corrected chi connectivity index (χ0v) is 11.1. The average molecular weight is 215 g/mol. The Bertz CT molecular complexity index is 117. The maximum atomic E-state index is 5.29. The van der Waals surface area contributed by atoms with Gasteiger partial charge in [-0.3, -0.25) is 0 Å². The summed E-state index contributed by atoms with van der Waals surface area (Å²) in [6.07, 6.45) is 4.18. The zero-order valence-electron chi connectivity index (χ0n) is 11.1. The van der Waals surface area contributed by atoms with Gasteiger partial charge in [-0.15, -0.1) is 0 Å². The van der Waals surface area contributed by atoms with Gasteiger partial charge in [0.1, 0.15) is 0 Å². The van der Waals surface area contributed by atoms with E-state index >= 15 is 0 Å². The molecule has 0 aromatic rings. The number of rotatable bonds is 4. The first kappa shape index (κ1) is 14.9.